The molecule has 130 valence electrons. The summed E-state index contributed by atoms with van der Waals surface area (Å²) in [7, 11) is 0. The van der Waals surface area contributed by atoms with Crippen molar-refractivity contribution in [1.29, 1.82) is 0 Å². The average molecular weight is 356 g/mol. The van der Waals surface area contributed by atoms with Crippen molar-refractivity contribution in [2.75, 3.05) is 0 Å². The van der Waals surface area contributed by atoms with Crippen molar-refractivity contribution >= 4 is 11.8 Å². The van der Waals surface area contributed by atoms with E-state index in [-0.39, 0.29) is 5.56 Å². The van der Waals surface area contributed by atoms with E-state index in [4.69, 9.17) is 4.52 Å². The van der Waals surface area contributed by atoms with Gasteiger partial charge in [-0.05, 0) is 18.4 Å². The van der Waals surface area contributed by atoms with E-state index in [1.54, 1.807) is 6.07 Å². The van der Waals surface area contributed by atoms with Crippen molar-refractivity contribution in [2.24, 2.45) is 0 Å². The van der Waals surface area contributed by atoms with Gasteiger partial charge in [0.05, 0.1) is 5.75 Å². The number of hydrogen-bond acceptors (Lipinski definition) is 6. The van der Waals surface area contributed by atoms with E-state index in [2.05, 4.69) is 46.1 Å². The first-order chi connectivity index (χ1) is 12.2. The van der Waals surface area contributed by atoms with Crippen LogP contribution in [0.15, 0.2) is 44.8 Å². The number of thioether (sulfide) groups is 1. The van der Waals surface area contributed by atoms with Crippen molar-refractivity contribution in [2.45, 2.75) is 44.0 Å². The quantitative estimate of drug-likeness (QED) is 0.514. The Hall–Kier alpha value is -2.41. The Bertz CT molecular complexity index is 887. The summed E-state index contributed by atoms with van der Waals surface area (Å²) in [5.74, 6) is 1.53. The molecule has 0 aliphatic carbocycles. The van der Waals surface area contributed by atoms with Gasteiger partial charge in [0.15, 0.2) is 5.16 Å². The normalized spacial score (nSPS) is 11.0. The molecule has 0 aliphatic heterocycles. The minimum Gasteiger partial charge on any atom is -0.338 e. The zero-order valence-corrected chi connectivity index (χ0v) is 15.1. The van der Waals surface area contributed by atoms with Gasteiger partial charge in [-0.1, -0.05) is 61.5 Å². The van der Waals surface area contributed by atoms with Crippen LogP contribution in [-0.2, 0) is 18.6 Å². The fourth-order valence-electron chi connectivity index (χ4n) is 2.39. The van der Waals surface area contributed by atoms with Gasteiger partial charge in [-0.25, -0.2) is 4.98 Å². The van der Waals surface area contributed by atoms with Gasteiger partial charge in [0, 0.05) is 17.3 Å². The second-order valence-electron chi connectivity index (χ2n) is 5.64. The molecule has 0 bridgehead atoms. The number of benzene rings is 1. The lowest BCUT2D eigenvalue weighted by molar-refractivity contribution is 0.391. The number of H-pyrrole nitrogens is 1. The Morgan fingerprint density at radius 2 is 1.96 bits per heavy atom. The predicted octanol–water partition coefficient (Wildman–Crippen LogP) is 3.63. The van der Waals surface area contributed by atoms with Crippen LogP contribution in [0, 0.1) is 0 Å². The first-order valence-electron chi connectivity index (χ1n) is 8.33. The van der Waals surface area contributed by atoms with E-state index in [1.165, 1.54) is 17.3 Å². The van der Waals surface area contributed by atoms with Crippen LogP contribution in [0.25, 0.3) is 11.4 Å². The molecule has 7 heteroatoms. The number of aryl methyl sites for hydroxylation is 2. The van der Waals surface area contributed by atoms with Gasteiger partial charge in [-0.3, -0.25) is 4.79 Å². The van der Waals surface area contributed by atoms with E-state index in [1.807, 2.05) is 12.1 Å². The summed E-state index contributed by atoms with van der Waals surface area (Å²) in [6.07, 6.45) is 2.73. The van der Waals surface area contributed by atoms with E-state index >= 15 is 0 Å². The van der Waals surface area contributed by atoms with Crippen LogP contribution in [0.4, 0.5) is 0 Å². The predicted molar refractivity (Wildman–Crippen MR) is 97.5 cm³/mol. The topological polar surface area (TPSA) is 84.7 Å². The average Bonchev–Trinajstić information content (AvgIpc) is 3.09. The molecule has 0 fully saturated rings. The van der Waals surface area contributed by atoms with Crippen LogP contribution in [0.2, 0.25) is 0 Å². The molecule has 0 saturated carbocycles. The largest absolute Gasteiger partial charge is 0.338 e. The zero-order valence-electron chi connectivity index (χ0n) is 14.3. The molecule has 2 aromatic heterocycles. The summed E-state index contributed by atoms with van der Waals surface area (Å²) >= 11 is 1.38. The minimum absolute atomic E-state index is 0.136. The number of rotatable bonds is 7. The molecular formula is C18H20N4O2S. The molecule has 2 heterocycles. The first-order valence-corrected chi connectivity index (χ1v) is 9.31. The third-order valence-corrected chi connectivity index (χ3v) is 4.56. The van der Waals surface area contributed by atoms with Crippen LogP contribution in [0.1, 0.15) is 37.4 Å². The molecule has 3 aromatic rings. The van der Waals surface area contributed by atoms with Gasteiger partial charge in [0.25, 0.3) is 5.56 Å². The van der Waals surface area contributed by atoms with Gasteiger partial charge in [0.2, 0.25) is 11.7 Å². The van der Waals surface area contributed by atoms with Crippen molar-refractivity contribution < 1.29 is 4.52 Å². The third kappa shape index (κ3) is 4.57. The molecule has 1 aromatic carbocycles. The Balaban J connectivity index is 1.68. The lowest BCUT2D eigenvalue weighted by Gasteiger charge is -2.01. The van der Waals surface area contributed by atoms with Crippen LogP contribution < -0.4 is 5.56 Å². The molecule has 0 unspecified atom stereocenters. The molecule has 0 amide bonds. The molecule has 6 nitrogen and oxygen atoms in total. The van der Waals surface area contributed by atoms with Crippen molar-refractivity contribution in [1.82, 2.24) is 20.1 Å². The summed E-state index contributed by atoms with van der Waals surface area (Å²) < 4.78 is 5.30. The zero-order chi connectivity index (χ0) is 17.6. The summed E-state index contributed by atoms with van der Waals surface area (Å²) in [4.78, 5) is 23.3. The second-order valence-corrected chi connectivity index (χ2v) is 6.61. The van der Waals surface area contributed by atoms with Crippen molar-refractivity contribution in [3.63, 3.8) is 0 Å². The van der Waals surface area contributed by atoms with E-state index in [0.29, 0.717) is 22.6 Å². The Morgan fingerprint density at radius 1 is 1.16 bits per heavy atom. The molecule has 1 N–H and O–H groups in total. The first kappa shape index (κ1) is 17.4. The molecule has 3 rings (SSSR count). The summed E-state index contributed by atoms with van der Waals surface area (Å²) in [6, 6.07) is 9.65. The number of nitrogens with zero attached hydrogens (tertiary/aromatic N) is 3. The molecule has 0 atom stereocenters. The molecule has 25 heavy (non-hydrogen) atoms. The lowest BCUT2D eigenvalue weighted by atomic mass is 10.1. The van der Waals surface area contributed by atoms with Crippen LogP contribution in [0.3, 0.4) is 0 Å². The minimum atomic E-state index is -0.136. The van der Waals surface area contributed by atoms with Gasteiger partial charge in [-0.2, -0.15) is 4.98 Å². The number of nitrogens with one attached hydrogen (secondary N) is 1. The van der Waals surface area contributed by atoms with Crippen LogP contribution in [0.5, 0.6) is 0 Å². The standard InChI is InChI=1S/C18H20N4O2S/c1-3-5-14-10-15(23)20-18(19-14)25-11-16-21-17(22-24-16)13-8-6-12(4-2)7-9-13/h6-10H,3-5,11H2,1-2H3,(H,19,20,23). The summed E-state index contributed by atoms with van der Waals surface area (Å²) in [6.45, 7) is 4.18. The maximum absolute atomic E-state index is 11.7. The molecular weight excluding hydrogens is 336 g/mol. The highest BCUT2D eigenvalue weighted by molar-refractivity contribution is 7.98. The number of hydrogen-bond donors (Lipinski definition) is 1. The third-order valence-electron chi connectivity index (χ3n) is 3.70. The van der Waals surface area contributed by atoms with E-state index < -0.39 is 0 Å². The maximum atomic E-state index is 11.7. The molecule has 0 radical (unpaired) electrons. The van der Waals surface area contributed by atoms with Gasteiger partial charge in [0.1, 0.15) is 0 Å². The van der Waals surface area contributed by atoms with Gasteiger partial charge >= 0.3 is 0 Å². The smallest absolute Gasteiger partial charge is 0.251 e. The van der Waals surface area contributed by atoms with Gasteiger partial charge in [-0.15, -0.1) is 0 Å². The van der Waals surface area contributed by atoms with E-state index in [0.717, 1.165) is 30.5 Å². The number of aromatic amines is 1. The highest BCUT2D eigenvalue weighted by Crippen LogP contribution is 2.21. The molecule has 0 aliphatic rings. The Morgan fingerprint density at radius 3 is 2.68 bits per heavy atom. The second kappa shape index (κ2) is 8.11. The maximum Gasteiger partial charge on any atom is 0.251 e. The number of aromatic nitrogens is 4. The van der Waals surface area contributed by atoms with Crippen LogP contribution in [-0.4, -0.2) is 20.1 Å². The molecule has 0 saturated heterocycles. The highest BCUT2D eigenvalue weighted by atomic mass is 32.2. The monoisotopic (exact) mass is 356 g/mol. The van der Waals surface area contributed by atoms with Crippen molar-refractivity contribution in [3.05, 3.63) is 57.8 Å². The van der Waals surface area contributed by atoms with Gasteiger partial charge < -0.3 is 9.51 Å². The fraction of sp³-hybridized carbons (Fsp3) is 0.333. The summed E-state index contributed by atoms with van der Waals surface area (Å²) in [5.41, 5.74) is 2.86. The summed E-state index contributed by atoms with van der Waals surface area (Å²) in [5, 5.41) is 4.60. The molecule has 0 spiro atoms. The Kier molecular flexibility index (Phi) is 5.65. The van der Waals surface area contributed by atoms with E-state index in [9.17, 15) is 4.79 Å². The fourth-order valence-corrected chi connectivity index (χ4v) is 3.12. The lowest BCUT2D eigenvalue weighted by Crippen LogP contribution is -2.09. The SMILES string of the molecule is CCCc1cc(=O)[nH]c(SCc2nc(-c3ccc(CC)cc3)no2)n1. The van der Waals surface area contributed by atoms with Crippen LogP contribution >= 0.6 is 11.8 Å². The Labute approximate surface area is 150 Å². The van der Waals surface area contributed by atoms with Crippen molar-refractivity contribution in [3.8, 4) is 11.4 Å². The highest BCUT2D eigenvalue weighted by Gasteiger charge is 2.10.